The Morgan fingerprint density at radius 3 is 2.48 bits per heavy atom. The highest BCUT2D eigenvalue weighted by atomic mass is 16.5. The molecular weight excluding hydrogens is 268 g/mol. The summed E-state index contributed by atoms with van der Waals surface area (Å²) in [6, 6.07) is 5.41. The molecule has 5 heteroatoms. The van der Waals surface area contributed by atoms with E-state index >= 15 is 0 Å². The van der Waals surface area contributed by atoms with Gasteiger partial charge in [-0.05, 0) is 50.3 Å². The molecule has 1 fully saturated rings. The molecule has 1 aromatic rings. The van der Waals surface area contributed by atoms with Crippen LogP contribution in [0.1, 0.15) is 32.3 Å². The molecule has 5 nitrogen and oxygen atoms in total. The van der Waals surface area contributed by atoms with Crippen LogP contribution in [-0.2, 0) is 14.3 Å². The number of rotatable bonds is 6. The molecular formula is C16H22N2O3. The van der Waals surface area contributed by atoms with Gasteiger partial charge in [-0.25, -0.2) is 0 Å². The maximum absolute atomic E-state index is 12.1. The van der Waals surface area contributed by atoms with Gasteiger partial charge in [-0.1, -0.05) is 6.07 Å². The van der Waals surface area contributed by atoms with E-state index in [2.05, 4.69) is 10.6 Å². The van der Waals surface area contributed by atoms with E-state index in [1.165, 1.54) is 19.8 Å². The van der Waals surface area contributed by atoms with Gasteiger partial charge < -0.3 is 15.4 Å². The summed E-state index contributed by atoms with van der Waals surface area (Å²) in [5.41, 5.74) is 2.22. The van der Waals surface area contributed by atoms with Gasteiger partial charge in [-0.3, -0.25) is 9.59 Å². The van der Waals surface area contributed by atoms with Crippen molar-refractivity contribution in [3.63, 3.8) is 0 Å². The van der Waals surface area contributed by atoms with Crippen LogP contribution >= 0.6 is 0 Å². The van der Waals surface area contributed by atoms with Gasteiger partial charge in [0.15, 0.2) is 0 Å². The van der Waals surface area contributed by atoms with E-state index in [9.17, 15) is 9.59 Å². The van der Waals surface area contributed by atoms with Crippen molar-refractivity contribution in [2.24, 2.45) is 5.92 Å². The van der Waals surface area contributed by atoms with Gasteiger partial charge in [0.25, 0.3) is 5.91 Å². The number of anilines is 2. The Kier molecular flexibility index (Phi) is 4.96. The summed E-state index contributed by atoms with van der Waals surface area (Å²) in [7, 11) is 0. The molecule has 114 valence electrons. The van der Waals surface area contributed by atoms with Crippen LogP contribution in [0.4, 0.5) is 11.4 Å². The van der Waals surface area contributed by atoms with E-state index in [-0.39, 0.29) is 11.8 Å². The molecule has 0 spiro atoms. The highest BCUT2D eigenvalue weighted by Crippen LogP contribution is 2.29. The first-order valence-electron chi connectivity index (χ1n) is 7.27. The van der Waals surface area contributed by atoms with Gasteiger partial charge in [-0.2, -0.15) is 0 Å². The molecule has 0 aliphatic heterocycles. The molecule has 1 aromatic carbocycles. The second-order valence-electron chi connectivity index (χ2n) is 5.57. The average Bonchev–Trinajstić information content (AvgIpc) is 3.24. The number of carbonyl (C=O) groups is 2. The maximum atomic E-state index is 12.1. The summed E-state index contributed by atoms with van der Waals surface area (Å²) in [5.74, 6) is 0.325. The molecule has 0 heterocycles. The van der Waals surface area contributed by atoms with Crippen molar-refractivity contribution in [3.05, 3.63) is 23.8 Å². The van der Waals surface area contributed by atoms with Crippen molar-refractivity contribution >= 4 is 23.2 Å². The van der Waals surface area contributed by atoms with E-state index < -0.39 is 6.10 Å². The molecule has 21 heavy (non-hydrogen) atoms. The maximum Gasteiger partial charge on any atom is 0.253 e. The van der Waals surface area contributed by atoms with Crippen LogP contribution in [0, 0.1) is 12.8 Å². The van der Waals surface area contributed by atoms with Crippen LogP contribution in [0.5, 0.6) is 0 Å². The normalized spacial score (nSPS) is 15.4. The Morgan fingerprint density at radius 2 is 1.90 bits per heavy atom. The molecule has 0 saturated heterocycles. The number of hydrogen-bond donors (Lipinski definition) is 2. The summed E-state index contributed by atoms with van der Waals surface area (Å²) in [6.07, 6.45) is 1.92. The molecule has 0 radical (unpaired) electrons. The Hall–Kier alpha value is -1.88. The second-order valence-corrected chi connectivity index (χ2v) is 5.57. The largest absolute Gasteiger partial charge is 0.368 e. The zero-order valence-electron chi connectivity index (χ0n) is 12.7. The molecule has 1 unspecified atom stereocenters. The third kappa shape index (κ3) is 4.56. The van der Waals surface area contributed by atoms with Crippen LogP contribution in [-0.4, -0.2) is 24.5 Å². The van der Waals surface area contributed by atoms with Gasteiger partial charge >= 0.3 is 0 Å². The number of amides is 2. The molecule has 1 aliphatic rings. The van der Waals surface area contributed by atoms with Gasteiger partial charge in [0.1, 0.15) is 6.10 Å². The lowest BCUT2D eigenvalue weighted by Crippen LogP contribution is -2.28. The van der Waals surface area contributed by atoms with Crippen molar-refractivity contribution < 1.29 is 14.3 Å². The fraction of sp³-hybridized carbons (Fsp3) is 0.500. The van der Waals surface area contributed by atoms with E-state index in [1.54, 1.807) is 19.1 Å². The van der Waals surface area contributed by atoms with Gasteiger partial charge in [-0.15, -0.1) is 0 Å². The number of carbonyl (C=O) groups excluding carboxylic acids is 2. The second kappa shape index (κ2) is 6.72. The number of ether oxygens (including phenoxy) is 1. The van der Waals surface area contributed by atoms with Crippen molar-refractivity contribution in [1.82, 2.24) is 0 Å². The minimum absolute atomic E-state index is 0.136. The fourth-order valence-electron chi connectivity index (χ4n) is 1.97. The molecule has 0 aromatic heterocycles. The third-order valence-corrected chi connectivity index (χ3v) is 3.55. The van der Waals surface area contributed by atoms with Crippen LogP contribution in [0.15, 0.2) is 18.2 Å². The Balaban J connectivity index is 1.97. The lowest BCUT2D eigenvalue weighted by atomic mass is 10.1. The first-order chi connectivity index (χ1) is 9.97. The van der Waals surface area contributed by atoms with Gasteiger partial charge in [0, 0.05) is 18.3 Å². The van der Waals surface area contributed by atoms with Crippen LogP contribution in [0.2, 0.25) is 0 Å². The predicted molar refractivity (Wildman–Crippen MR) is 82.3 cm³/mol. The highest BCUT2D eigenvalue weighted by Gasteiger charge is 2.24. The summed E-state index contributed by atoms with van der Waals surface area (Å²) in [6.45, 7) is 5.72. The fourth-order valence-corrected chi connectivity index (χ4v) is 1.97. The van der Waals surface area contributed by atoms with Crippen LogP contribution in [0.25, 0.3) is 0 Å². The van der Waals surface area contributed by atoms with Crippen molar-refractivity contribution in [2.75, 3.05) is 17.2 Å². The van der Waals surface area contributed by atoms with Crippen LogP contribution in [0.3, 0.4) is 0 Å². The monoisotopic (exact) mass is 290 g/mol. The van der Waals surface area contributed by atoms with Crippen molar-refractivity contribution in [2.45, 2.75) is 39.7 Å². The van der Waals surface area contributed by atoms with E-state index in [1.807, 2.05) is 13.0 Å². The first kappa shape index (κ1) is 15.5. The third-order valence-electron chi connectivity index (χ3n) is 3.55. The lowest BCUT2D eigenvalue weighted by molar-refractivity contribution is -0.126. The zero-order chi connectivity index (χ0) is 15.4. The summed E-state index contributed by atoms with van der Waals surface area (Å²) >= 11 is 0. The SMILES string of the molecule is CC(=O)Nc1cccc(NC(=O)C(C)OCC2CC2)c1C. The van der Waals surface area contributed by atoms with E-state index in [0.717, 1.165) is 5.56 Å². The first-order valence-corrected chi connectivity index (χ1v) is 7.27. The molecule has 2 amide bonds. The summed E-state index contributed by atoms with van der Waals surface area (Å²) in [5, 5.41) is 5.60. The molecule has 1 atom stereocenters. The minimum atomic E-state index is -0.477. The van der Waals surface area contributed by atoms with Crippen molar-refractivity contribution in [3.8, 4) is 0 Å². The smallest absolute Gasteiger partial charge is 0.253 e. The van der Waals surface area contributed by atoms with Gasteiger partial charge in [0.05, 0.1) is 6.61 Å². The topological polar surface area (TPSA) is 67.4 Å². The highest BCUT2D eigenvalue weighted by molar-refractivity contribution is 5.96. The van der Waals surface area contributed by atoms with Gasteiger partial charge in [0.2, 0.25) is 5.91 Å². The Morgan fingerprint density at radius 1 is 1.29 bits per heavy atom. The molecule has 1 saturated carbocycles. The summed E-state index contributed by atoms with van der Waals surface area (Å²) < 4.78 is 5.55. The number of hydrogen-bond acceptors (Lipinski definition) is 3. The Labute approximate surface area is 125 Å². The Bertz CT molecular complexity index is 538. The van der Waals surface area contributed by atoms with E-state index in [0.29, 0.717) is 23.9 Å². The number of nitrogens with one attached hydrogen (secondary N) is 2. The van der Waals surface area contributed by atoms with Crippen LogP contribution < -0.4 is 10.6 Å². The molecule has 2 rings (SSSR count). The standard InChI is InChI=1S/C16H22N2O3/c1-10-14(17-12(3)19)5-4-6-15(10)18-16(20)11(2)21-9-13-7-8-13/h4-6,11,13H,7-9H2,1-3H3,(H,17,19)(H,18,20). The predicted octanol–water partition coefficient (Wildman–Crippen LogP) is 2.71. The summed E-state index contributed by atoms with van der Waals surface area (Å²) in [4.78, 5) is 23.3. The zero-order valence-corrected chi connectivity index (χ0v) is 12.7. The van der Waals surface area contributed by atoms with E-state index in [4.69, 9.17) is 4.74 Å². The molecule has 0 bridgehead atoms. The minimum Gasteiger partial charge on any atom is -0.368 e. The quantitative estimate of drug-likeness (QED) is 0.846. The van der Waals surface area contributed by atoms with Crippen molar-refractivity contribution in [1.29, 1.82) is 0 Å². The average molecular weight is 290 g/mol. The number of benzene rings is 1. The molecule has 1 aliphatic carbocycles. The molecule has 2 N–H and O–H groups in total. The lowest BCUT2D eigenvalue weighted by Gasteiger charge is -2.16.